The summed E-state index contributed by atoms with van der Waals surface area (Å²) in [6, 6.07) is 1.87. The molecular weight excluding hydrogens is 262 g/mol. The Morgan fingerprint density at radius 2 is 1.57 bits per heavy atom. The average Bonchev–Trinajstić information content (AvgIpc) is 2.57. The SMILES string of the molecule is NCC1CCC(CN2CCN(c3ncccn3)CC2)CC1. The maximum Gasteiger partial charge on any atom is 0.225 e. The highest BCUT2D eigenvalue weighted by Crippen LogP contribution is 2.28. The van der Waals surface area contributed by atoms with Gasteiger partial charge in [-0.3, -0.25) is 4.90 Å². The second-order valence-corrected chi connectivity index (χ2v) is 6.46. The fraction of sp³-hybridized carbons (Fsp3) is 0.750. The van der Waals surface area contributed by atoms with Gasteiger partial charge in [0.25, 0.3) is 0 Å². The molecule has 5 nitrogen and oxygen atoms in total. The smallest absolute Gasteiger partial charge is 0.225 e. The van der Waals surface area contributed by atoms with Gasteiger partial charge >= 0.3 is 0 Å². The van der Waals surface area contributed by atoms with Crippen molar-refractivity contribution in [2.45, 2.75) is 25.7 Å². The zero-order valence-corrected chi connectivity index (χ0v) is 12.8. The van der Waals surface area contributed by atoms with E-state index in [2.05, 4.69) is 19.8 Å². The Morgan fingerprint density at radius 1 is 0.952 bits per heavy atom. The molecule has 116 valence electrons. The Labute approximate surface area is 127 Å². The lowest BCUT2D eigenvalue weighted by molar-refractivity contribution is 0.174. The lowest BCUT2D eigenvalue weighted by atomic mass is 9.82. The molecule has 1 aliphatic heterocycles. The van der Waals surface area contributed by atoms with Crippen LogP contribution in [0.5, 0.6) is 0 Å². The summed E-state index contributed by atoms with van der Waals surface area (Å²) in [5.41, 5.74) is 5.78. The Bertz CT molecular complexity index is 408. The summed E-state index contributed by atoms with van der Waals surface area (Å²) in [6.45, 7) is 6.50. The molecular formula is C16H27N5. The first-order valence-corrected chi connectivity index (χ1v) is 8.29. The van der Waals surface area contributed by atoms with Crippen molar-refractivity contribution in [3.63, 3.8) is 0 Å². The molecule has 0 atom stereocenters. The predicted molar refractivity (Wildman–Crippen MR) is 85.2 cm³/mol. The number of piperazine rings is 1. The molecule has 5 heteroatoms. The Kier molecular flexibility index (Phi) is 5.04. The highest BCUT2D eigenvalue weighted by molar-refractivity contribution is 5.29. The quantitative estimate of drug-likeness (QED) is 0.907. The minimum atomic E-state index is 0.785. The summed E-state index contributed by atoms with van der Waals surface area (Å²) in [6.07, 6.45) is 9.04. The van der Waals surface area contributed by atoms with E-state index < -0.39 is 0 Å². The lowest BCUT2D eigenvalue weighted by Crippen LogP contribution is -2.48. The molecule has 1 saturated carbocycles. The average molecular weight is 289 g/mol. The normalized spacial score (nSPS) is 27.8. The van der Waals surface area contributed by atoms with Gasteiger partial charge in [0.1, 0.15) is 0 Å². The maximum absolute atomic E-state index is 5.78. The molecule has 0 amide bonds. The Hall–Kier alpha value is -1.20. The van der Waals surface area contributed by atoms with Crippen LogP contribution in [0.1, 0.15) is 25.7 Å². The van der Waals surface area contributed by atoms with Crippen molar-refractivity contribution in [1.82, 2.24) is 14.9 Å². The summed E-state index contributed by atoms with van der Waals surface area (Å²) in [5.74, 6) is 2.54. The lowest BCUT2D eigenvalue weighted by Gasteiger charge is -2.38. The second-order valence-electron chi connectivity index (χ2n) is 6.46. The maximum atomic E-state index is 5.78. The van der Waals surface area contributed by atoms with Crippen molar-refractivity contribution in [2.24, 2.45) is 17.6 Å². The van der Waals surface area contributed by atoms with Crippen LogP contribution >= 0.6 is 0 Å². The zero-order chi connectivity index (χ0) is 14.5. The second kappa shape index (κ2) is 7.18. The third-order valence-electron chi connectivity index (χ3n) is 5.02. The molecule has 0 bridgehead atoms. The molecule has 0 spiro atoms. The van der Waals surface area contributed by atoms with Crippen LogP contribution < -0.4 is 10.6 Å². The van der Waals surface area contributed by atoms with Crippen LogP contribution in [0.15, 0.2) is 18.5 Å². The van der Waals surface area contributed by atoms with E-state index in [1.54, 1.807) is 0 Å². The molecule has 2 heterocycles. The molecule has 21 heavy (non-hydrogen) atoms. The standard InChI is InChI=1S/C16H27N5/c17-12-14-2-4-15(5-3-14)13-20-8-10-21(11-9-20)16-18-6-1-7-19-16/h1,6-7,14-15H,2-5,8-13,17H2. The van der Waals surface area contributed by atoms with Crippen LogP contribution in [-0.4, -0.2) is 54.1 Å². The largest absolute Gasteiger partial charge is 0.338 e. The van der Waals surface area contributed by atoms with Crippen LogP contribution in [0.25, 0.3) is 0 Å². The predicted octanol–water partition coefficient (Wildman–Crippen LogP) is 1.36. The fourth-order valence-electron chi connectivity index (χ4n) is 3.60. The van der Waals surface area contributed by atoms with Crippen LogP contribution in [0.4, 0.5) is 5.95 Å². The molecule has 0 radical (unpaired) electrons. The van der Waals surface area contributed by atoms with Crippen molar-refractivity contribution in [2.75, 3.05) is 44.2 Å². The van der Waals surface area contributed by atoms with Crippen molar-refractivity contribution >= 4 is 5.95 Å². The number of aromatic nitrogens is 2. The highest BCUT2D eigenvalue weighted by atomic mass is 15.3. The van der Waals surface area contributed by atoms with Crippen molar-refractivity contribution in [1.29, 1.82) is 0 Å². The van der Waals surface area contributed by atoms with E-state index in [0.29, 0.717) is 0 Å². The number of nitrogens with two attached hydrogens (primary N) is 1. The molecule has 1 saturated heterocycles. The topological polar surface area (TPSA) is 58.3 Å². The van der Waals surface area contributed by atoms with Gasteiger partial charge in [-0.25, -0.2) is 9.97 Å². The van der Waals surface area contributed by atoms with E-state index >= 15 is 0 Å². The number of hydrogen-bond acceptors (Lipinski definition) is 5. The third kappa shape index (κ3) is 3.92. The fourth-order valence-corrected chi connectivity index (χ4v) is 3.60. The number of rotatable bonds is 4. The van der Waals surface area contributed by atoms with Gasteiger partial charge in [-0.2, -0.15) is 0 Å². The number of anilines is 1. The van der Waals surface area contributed by atoms with E-state index in [9.17, 15) is 0 Å². The first-order chi connectivity index (χ1) is 10.3. The molecule has 0 unspecified atom stereocenters. The van der Waals surface area contributed by atoms with Crippen LogP contribution in [0, 0.1) is 11.8 Å². The van der Waals surface area contributed by atoms with E-state index in [1.807, 2.05) is 18.5 Å². The van der Waals surface area contributed by atoms with E-state index in [4.69, 9.17) is 5.73 Å². The number of hydrogen-bond donors (Lipinski definition) is 1. The van der Waals surface area contributed by atoms with Gasteiger partial charge in [-0.05, 0) is 50.1 Å². The summed E-state index contributed by atoms with van der Waals surface area (Å²) >= 11 is 0. The molecule has 2 N–H and O–H groups in total. The van der Waals surface area contributed by atoms with E-state index in [0.717, 1.165) is 50.5 Å². The molecule has 3 rings (SSSR count). The summed E-state index contributed by atoms with van der Waals surface area (Å²) < 4.78 is 0. The van der Waals surface area contributed by atoms with Gasteiger partial charge < -0.3 is 10.6 Å². The van der Waals surface area contributed by atoms with Gasteiger partial charge in [-0.1, -0.05) is 0 Å². The van der Waals surface area contributed by atoms with Gasteiger partial charge in [0.05, 0.1) is 0 Å². The van der Waals surface area contributed by atoms with Gasteiger partial charge in [0.15, 0.2) is 0 Å². The minimum Gasteiger partial charge on any atom is -0.338 e. The Balaban J connectivity index is 1.42. The molecule has 1 aromatic rings. The summed E-state index contributed by atoms with van der Waals surface area (Å²) in [7, 11) is 0. The van der Waals surface area contributed by atoms with Gasteiger partial charge in [0.2, 0.25) is 5.95 Å². The first-order valence-electron chi connectivity index (χ1n) is 8.29. The monoisotopic (exact) mass is 289 g/mol. The van der Waals surface area contributed by atoms with Crippen molar-refractivity contribution in [3.05, 3.63) is 18.5 Å². The van der Waals surface area contributed by atoms with Crippen molar-refractivity contribution in [3.8, 4) is 0 Å². The summed E-state index contributed by atoms with van der Waals surface area (Å²) in [4.78, 5) is 13.6. The van der Waals surface area contributed by atoms with E-state index in [1.165, 1.54) is 32.2 Å². The molecule has 2 aliphatic rings. The van der Waals surface area contributed by atoms with Gasteiger partial charge in [0, 0.05) is 45.1 Å². The van der Waals surface area contributed by atoms with Crippen molar-refractivity contribution < 1.29 is 0 Å². The Morgan fingerprint density at radius 3 is 2.19 bits per heavy atom. The van der Waals surface area contributed by atoms with Gasteiger partial charge in [-0.15, -0.1) is 0 Å². The number of nitrogens with zero attached hydrogens (tertiary/aromatic N) is 4. The first kappa shape index (κ1) is 14.7. The van der Waals surface area contributed by atoms with E-state index in [-0.39, 0.29) is 0 Å². The summed E-state index contributed by atoms with van der Waals surface area (Å²) in [5, 5.41) is 0. The third-order valence-corrected chi connectivity index (χ3v) is 5.02. The zero-order valence-electron chi connectivity index (χ0n) is 12.8. The molecule has 1 aliphatic carbocycles. The van der Waals surface area contributed by atoms with Crippen LogP contribution in [-0.2, 0) is 0 Å². The molecule has 1 aromatic heterocycles. The highest BCUT2D eigenvalue weighted by Gasteiger charge is 2.24. The molecule has 0 aromatic carbocycles. The van der Waals surface area contributed by atoms with Crippen LogP contribution in [0.2, 0.25) is 0 Å². The van der Waals surface area contributed by atoms with Crippen LogP contribution in [0.3, 0.4) is 0 Å². The molecule has 2 fully saturated rings. The minimum absolute atomic E-state index is 0.785.